The zero-order valence-electron chi connectivity index (χ0n) is 10.7. The van der Waals surface area contributed by atoms with Crippen LogP contribution in [-0.4, -0.2) is 11.5 Å². The minimum absolute atomic E-state index is 0.603. The Kier molecular flexibility index (Phi) is 4.38. The minimum Gasteiger partial charge on any atom is -0.384 e. The summed E-state index contributed by atoms with van der Waals surface area (Å²) in [5.41, 5.74) is 3.55. The topological polar surface area (TPSA) is 48.7 Å². The number of aromatic nitrogens is 1. The summed E-state index contributed by atoms with van der Waals surface area (Å²) in [4.78, 5) is 4.25. The van der Waals surface area contributed by atoms with E-state index >= 15 is 0 Å². The molecule has 0 amide bonds. The number of halogens is 1. The molecule has 1 aromatic carbocycles. The van der Waals surface area contributed by atoms with Crippen molar-refractivity contribution in [2.45, 2.75) is 13.3 Å². The van der Waals surface area contributed by atoms with Gasteiger partial charge in [0.25, 0.3) is 0 Å². The fourth-order valence-corrected chi connectivity index (χ4v) is 1.92. The third-order valence-corrected chi connectivity index (χ3v) is 3.04. The highest BCUT2D eigenvalue weighted by Gasteiger charge is 2.02. The van der Waals surface area contributed by atoms with Gasteiger partial charge in [0, 0.05) is 23.5 Å². The van der Waals surface area contributed by atoms with Gasteiger partial charge in [0.05, 0.1) is 11.3 Å². The molecule has 1 N–H and O–H groups in total. The average molecular weight is 272 g/mol. The van der Waals surface area contributed by atoms with Crippen LogP contribution in [0.4, 0.5) is 5.69 Å². The molecule has 2 rings (SSSR count). The molecule has 0 fully saturated rings. The predicted molar refractivity (Wildman–Crippen MR) is 77.3 cm³/mol. The summed E-state index contributed by atoms with van der Waals surface area (Å²) in [7, 11) is 0. The van der Waals surface area contributed by atoms with E-state index in [0.717, 1.165) is 24.3 Å². The Labute approximate surface area is 117 Å². The molecule has 3 nitrogen and oxygen atoms in total. The number of anilines is 1. The second-order valence-corrected chi connectivity index (χ2v) is 4.72. The Morgan fingerprint density at radius 3 is 2.84 bits per heavy atom. The van der Waals surface area contributed by atoms with E-state index in [-0.39, 0.29) is 0 Å². The Bertz CT molecular complexity index is 600. The first kappa shape index (κ1) is 13.4. The lowest BCUT2D eigenvalue weighted by molar-refractivity contribution is 0.996. The first-order chi connectivity index (χ1) is 9.19. The van der Waals surface area contributed by atoms with Crippen molar-refractivity contribution in [1.82, 2.24) is 4.98 Å². The summed E-state index contributed by atoms with van der Waals surface area (Å²) >= 11 is 5.93. The van der Waals surface area contributed by atoms with Crippen LogP contribution in [0, 0.1) is 18.3 Å². The molecule has 4 heteroatoms. The van der Waals surface area contributed by atoms with Crippen molar-refractivity contribution in [2.75, 3.05) is 11.9 Å². The van der Waals surface area contributed by atoms with Crippen LogP contribution in [0.5, 0.6) is 0 Å². The quantitative estimate of drug-likeness (QED) is 0.925. The summed E-state index contributed by atoms with van der Waals surface area (Å²) in [5.74, 6) is 0. The Morgan fingerprint density at radius 1 is 1.32 bits per heavy atom. The van der Waals surface area contributed by atoms with E-state index in [2.05, 4.69) is 22.4 Å². The molecule has 2 aromatic rings. The molecular formula is C15H14ClN3. The van der Waals surface area contributed by atoms with E-state index in [4.69, 9.17) is 16.9 Å². The number of benzene rings is 1. The molecular weight excluding hydrogens is 258 g/mol. The van der Waals surface area contributed by atoms with Gasteiger partial charge in [-0.3, -0.25) is 4.98 Å². The predicted octanol–water partition coefficient (Wildman–Crippen LogP) is 3.57. The van der Waals surface area contributed by atoms with Crippen LogP contribution in [0.15, 0.2) is 36.5 Å². The van der Waals surface area contributed by atoms with Gasteiger partial charge in [0.2, 0.25) is 0 Å². The third kappa shape index (κ3) is 3.70. The van der Waals surface area contributed by atoms with Crippen LogP contribution >= 0.6 is 11.6 Å². The molecule has 0 atom stereocenters. The number of hydrogen-bond acceptors (Lipinski definition) is 3. The number of nitriles is 1. The van der Waals surface area contributed by atoms with Crippen molar-refractivity contribution in [3.05, 3.63) is 58.4 Å². The average Bonchev–Trinajstić information content (AvgIpc) is 2.41. The summed E-state index contributed by atoms with van der Waals surface area (Å²) in [5, 5.41) is 12.9. The third-order valence-electron chi connectivity index (χ3n) is 2.80. The Hall–Kier alpha value is -2.05. The van der Waals surface area contributed by atoms with E-state index in [1.165, 1.54) is 5.56 Å². The van der Waals surface area contributed by atoms with Crippen molar-refractivity contribution in [1.29, 1.82) is 5.26 Å². The molecule has 0 aliphatic rings. The first-order valence-electron chi connectivity index (χ1n) is 6.04. The molecule has 0 saturated heterocycles. The van der Waals surface area contributed by atoms with Gasteiger partial charge in [-0.1, -0.05) is 17.7 Å². The maximum atomic E-state index is 9.01. The van der Waals surface area contributed by atoms with Crippen LogP contribution in [0.1, 0.15) is 16.8 Å². The number of nitrogens with one attached hydrogen (secondary N) is 1. The molecule has 0 saturated carbocycles. The lowest BCUT2D eigenvalue weighted by atomic mass is 10.1. The molecule has 0 aliphatic heterocycles. The van der Waals surface area contributed by atoms with Gasteiger partial charge in [-0.15, -0.1) is 0 Å². The number of hydrogen-bond donors (Lipinski definition) is 1. The number of pyridine rings is 1. The summed E-state index contributed by atoms with van der Waals surface area (Å²) in [6.45, 7) is 2.70. The van der Waals surface area contributed by atoms with E-state index in [9.17, 15) is 0 Å². The normalized spacial score (nSPS) is 9.95. The molecule has 1 heterocycles. The zero-order chi connectivity index (χ0) is 13.7. The first-order valence-corrected chi connectivity index (χ1v) is 6.42. The number of rotatable bonds is 4. The van der Waals surface area contributed by atoms with Crippen molar-refractivity contribution in [3.63, 3.8) is 0 Å². The zero-order valence-corrected chi connectivity index (χ0v) is 11.4. The fourth-order valence-electron chi connectivity index (χ4n) is 1.75. The van der Waals surface area contributed by atoms with Gasteiger partial charge in [-0.2, -0.15) is 5.26 Å². The summed E-state index contributed by atoms with van der Waals surface area (Å²) in [6, 6.07) is 11.4. The molecule has 0 spiro atoms. The van der Waals surface area contributed by atoms with Crippen LogP contribution < -0.4 is 5.32 Å². The van der Waals surface area contributed by atoms with Gasteiger partial charge in [0.15, 0.2) is 0 Å². The van der Waals surface area contributed by atoms with Crippen molar-refractivity contribution < 1.29 is 0 Å². The smallest absolute Gasteiger partial charge is 0.101 e. The van der Waals surface area contributed by atoms with Gasteiger partial charge in [0.1, 0.15) is 6.07 Å². The van der Waals surface area contributed by atoms with Gasteiger partial charge < -0.3 is 5.32 Å². The van der Waals surface area contributed by atoms with E-state index in [1.54, 1.807) is 18.2 Å². The van der Waals surface area contributed by atoms with Crippen LogP contribution in [0.25, 0.3) is 0 Å². The van der Waals surface area contributed by atoms with E-state index in [1.807, 2.05) is 19.2 Å². The molecule has 96 valence electrons. The van der Waals surface area contributed by atoms with Crippen molar-refractivity contribution in [2.24, 2.45) is 0 Å². The second kappa shape index (κ2) is 6.21. The summed E-state index contributed by atoms with van der Waals surface area (Å²) < 4.78 is 0. The molecule has 0 aliphatic carbocycles. The number of aryl methyl sites for hydroxylation is 1. The highest BCUT2D eigenvalue weighted by atomic mass is 35.5. The molecule has 0 unspecified atom stereocenters. The maximum Gasteiger partial charge on any atom is 0.101 e. The van der Waals surface area contributed by atoms with Crippen LogP contribution in [0.3, 0.4) is 0 Å². The van der Waals surface area contributed by atoms with Gasteiger partial charge >= 0.3 is 0 Å². The fraction of sp³-hybridized carbons (Fsp3) is 0.200. The lowest BCUT2D eigenvalue weighted by Gasteiger charge is -2.08. The SMILES string of the molecule is Cc1ccc(CCNc2cc(Cl)ccc2C#N)cn1. The molecule has 1 aromatic heterocycles. The van der Waals surface area contributed by atoms with Gasteiger partial charge in [-0.25, -0.2) is 0 Å². The highest BCUT2D eigenvalue weighted by Crippen LogP contribution is 2.20. The highest BCUT2D eigenvalue weighted by molar-refractivity contribution is 6.30. The lowest BCUT2D eigenvalue weighted by Crippen LogP contribution is -2.06. The van der Waals surface area contributed by atoms with Crippen LogP contribution in [0.2, 0.25) is 5.02 Å². The minimum atomic E-state index is 0.603. The van der Waals surface area contributed by atoms with E-state index < -0.39 is 0 Å². The number of nitrogens with zero attached hydrogens (tertiary/aromatic N) is 2. The second-order valence-electron chi connectivity index (χ2n) is 4.29. The molecule has 19 heavy (non-hydrogen) atoms. The van der Waals surface area contributed by atoms with Gasteiger partial charge in [-0.05, 0) is 43.2 Å². The Morgan fingerprint density at radius 2 is 2.16 bits per heavy atom. The largest absolute Gasteiger partial charge is 0.384 e. The van der Waals surface area contributed by atoms with Crippen molar-refractivity contribution >= 4 is 17.3 Å². The maximum absolute atomic E-state index is 9.01. The van der Waals surface area contributed by atoms with Crippen LogP contribution in [-0.2, 0) is 6.42 Å². The monoisotopic (exact) mass is 271 g/mol. The Balaban J connectivity index is 1.98. The standard InChI is InChI=1S/C15H14ClN3/c1-11-2-3-12(10-19-11)6-7-18-15-8-14(16)5-4-13(15)9-17/h2-5,8,10,18H,6-7H2,1H3. The van der Waals surface area contributed by atoms with E-state index in [0.29, 0.717) is 10.6 Å². The summed E-state index contributed by atoms with van der Waals surface area (Å²) in [6.07, 6.45) is 2.73. The van der Waals surface area contributed by atoms with Crippen molar-refractivity contribution in [3.8, 4) is 6.07 Å². The molecule has 0 bridgehead atoms. The molecule has 0 radical (unpaired) electrons.